The van der Waals surface area contributed by atoms with E-state index in [0.717, 1.165) is 44.8 Å². The third-order valence-corrected chi connectivity index (χ3v) is 3.82. The van der Waals surface area contributed by atoms with Crippen molar-refractivity contribution in [3.63, 3.8) is 0 Å². The summed E-state index contributed by atoms with van der Waals surface area (Å²) in [4.78, 5) is 16.5. The van der Waals surface area contributed by atoms with E-state index in [0.29, 0.717) is 6.42 Å². The Morgan fingerprint density at radius 3 is 2.80 bits per heavy atom. The van der Waals surface area contributed by atoms with Crippen LogP contribution in [0.3, 0.4) is 0 Å². The number of hydrogen-bond donors (Lipinski definition) is 1. The van der Waals surface area contributed by atoms with E-state index in [1.807, 2.05) is 24.1 Å². The minimum absolute atomic E-state index is 0.200. The summed E-state index contributed by atoms with van der Waals surface area (Å²) in [5, 5.41) is 3.34. The van der Waals surface area contributed by atoms with Crippen LogP contribution in [-0.2, 0) is 11.2 Å². The van der Waals surface area contributed by atoms with Gasteiger partial charge in [0.05, 0.1) is 6.42 Å². The lowest BCUT2D eigenvalue weighted by Crippen LogP contribution is -2.46. The predicted molar refractivity (Wildman–Crippen MR) is 81.8 cm³/mol. The van der Waals surface area contributed by atoms with Crippen molar-refractivity contribution in [1.82, 2.24) is 15.1 Å². The minimum atomic E-state index is 0.200. The van der Waals surface area contributed by atoms with Gasteiger partial charge in [-0.1, -0.05) is 29.8 Å². The van der Waals surface area contributed by atoms with Gasteiger partial charge in [-0.15, -0.1) is 0 Å². The second-order valence-electron chi connectivity index (χ2n) is 5.57. The average Bonchev–Trinajstić information content (AvgIpc) is 2.46. The molecule has 0 saturated carbocycles. The maximum Gasteiger partial charge on any atom is 0.226 e. The Hall–Kier alpha value is -1.39. The first-order chi connectivity index (χ1) is 9.65. The van der Waals surface area contributed by atoms with E-state index < -0.39 is 0 Å². The summed E-state index contributed by atoms with van der Waals surface area (Å²) in [6.07, 6.45) is 0.500. The number of carbonyl (C=O) groups excluding carboxylic acids is 1. The number of piperazine rings is 1. The third-order valence-electron chi connectivity index (χ3n) is 3.82. The molecule has 110 valence electrons. The van der Waals surface area contributed by atoms with Gasteiger partial charge in [-0.3, -0.25) is 9.69 Å². The summed E-state index contributed by atoms with van der Waals surface area (Å²) in [6.45, 7) is 8.12. The van der Waals surface area contributed by atoms with Gasteiger partial charge in [0.1, 0.15) is 0 Å². The van der Waals surface area contributed by atoms with E-state index in [1.165, 1.54) is 5.56 Å². The van der Waals surface area contributed by atoms with Crippen LogP contribution in [-0.4, -0.2) is 62.0 Å². The standard InChI is InChI=1S/C16H25N3O/c1-14-4-3-5-15(12-14)13-16(20)18(2)10-11-19-8-6-17-7-9-19/h3-5,12,17H,6-11,13H2,1-2H3. The van der Waals surface area contributed by atoms with Crippen LogP contribution in [0.15, 0.2) is 24.3 Å². The molecule has 1 aliphatic heterocycles. The second kappa shape index (κ2) is 7.41. The Morgan fingerprint density at radius 2 is 2.10 bits per heavy atom. The maximum atomic E-state index is 12.2. The molecule has 1 N–H and O–H groups in total. The van der Waals surface area contributed by atoms with Crippen LogP contribution in [0.4, 0.5) is 0 Å². The summed E-state index contributed by atoms with van der Waals surface area (Å²) in [6, 6.07) is 8.18. The van der Waals surface area contributed by atoms with Crippen molar-refractivity contribution in [3.05, 3.63) is 35.4 Å². The highest BCUT2D eigenvalue weighted by atomic mass is 16.2. The number of likely N-dealkylation sites (N-methyl/N-ethyl adjacent to an activating group) is 1. The summed E-state index contributed by atoms with van der Waals surface area (Å²) in [5.41, 5.74) is 2.31. The maximum absolute atomic E-state index is 12.2. The lowest BCUT2D eigenvalue weighted by Gasteiger charge is -2.29. The first kappa shape index (κ1) is 15.0. The minimum Gasteiger partial charge on any atom is -0.344 e. The zero-order valence-electron chi connectivity index (χ0n) is 12.6. The zero-order chi connectivity index (χ0) is 14.4. The molecule has 1 fully saturated rings. The number of rotatable bonds is 5. The topological polar surface area (TPSA) is 35.6 Å². The molecule has 0 atom stereocenters. The fourth-order valence-electron chi connectivity index (χ4n) is 2.48. The van der Waals surface area contributed by atoms with Gasteiger partial charge in [0.25, 0.3) is 0 Å². The Morgan fingerprint density at radius 1 is 1.35 bits per heavy atom. The van der Waals surface area contributed by atoms with Gasteiger partial charge in [-0.2, -0.15) is 0 Å². The Labute approximate surface area is 121 Å². The summed E-state index contributed by atoms with van der Waals surface area (Å²) < 4.78 is 0. The first-order valence-corrected chi connectivity index (χ1v) is 7.38. The molecule has 0 aromatic heterocycles. The van der Waals surface area contributed by atoms with Gasteiger partial charge in [0, 0.05) is 46.3 Å². The second-order valence-corrected chi connectivity index (χ2v) is 5.57. The third kappa shape index (κ3) is 4.62. The van der Waals surface area contributed by atoms with E-state index >= 15 is 0 Å². The lowest BCUT2D eigenvalue weighted by atomic mass is 10.1. The molecular formula is C16H25N3O. The number of amides is 1. The largest absolute Gasteiger partial charge is 0.344 e. The van der Waals surface area contributed by atoms with E-state index in [4.69, 9.17) is 0 Å². The highest BCUT2D eigenvalue weighted by molar-refractivity contribution is 5.78. The fourth-order valence-corrected chi connectivity index (χ4v) is 2.48. The number of benzene rings is 1. The summed E-state index contributed by atoms with van der Waals surface area (Å²) in [5.74, 6) is 0.200. The van der Waals surface area contributed by atoms with Gasteiger partial charge in [0.15, 0.2) is 0 Å². The van der Waals surface area contributed by atoms with Crippen LogP contribution < -0.4 is 5.32 Å². The van der Waals surface area contributed by atoms with Crippen molar-refractivity contribution in [1.29, 1.82) is 0 Å². The Kier molecular flexibility index (Phi) is 5.56. The quantitative estimate of drug-likeness (QED) is 0.867. The molecule has 20 heavy (non-hydrogen) atoms. The highest BCUT2D eigenvalue weighted by Gasteiger charge is 2.13. The summed E-state index contributed by atoms with van der Waals surface area (Å²) >= 11 is 0. The monoisotopic (exact) mass is 275 g/mol. The van der Waals surface area contributed by atoms with Crippen molar-refractivity contribution >= 4 is 5.91 Å². The zero-order valence-corrected chi connectivity index (χ0v) is 12.6. The molecule has 1 amide bonds. The molecule has 1 heterocycles. The van der Waals surface area contributed by atoms with Gasteiger partial charge in [0.2, 0.25) is 5.91 Å². The molecule has 0 bridgehead atoms. The molecule has 0 radical (unpaired) electrons. The molecule has 1 aliphatic rings. The fraction of sp³-hybridized carbons (Fsp3) is 0.562. The lowest BCUT2D eigenvalue weighted by molar-refractivity contribution is -0.129. The molecule has 0 unspecified atom stereocenters. The highest BCUT2D eigenvalue weighted by Crippen LogP contribution is 2.06. The van der Waals surface area contributed by atoms with Crippen LogP contribution in [0, 0.1) is 6.92 Å². The number of nitrogens with one attached hydrogen (secondary N) is 1. The predicted octanol–water partition coefficient (Wildman–Crippen LogP) is 0.901. The Balaban J connectivity index is 1.76. The number of carbonyl (C=O) groups is 1. The SMILES string of the molecule is Cc1cccc(CC(=O)N(C)CCN2CCNCC2)c1. The van der Waals surface area contributed by atoms with Crippen LogP contribution in [0.5, 0.6) is 0 Å². The van der Waals surface area contributed by atoms with Gasteiger partial charge in [-0.25, -0.2) is 0 Å². The molecule has 4 nitrogen and oxygen atoms in total. The molecule has 2 rings (SSSR count). The number of aryl methyl sites for hydroxylation is 1. The molecule has 4 heteroatoms. The van der Waals surface area contributed by atoms with E-state index in [-0.39, 0.29) is 5.91 Å². The van der Waals surface area contributed by atoms with Crippen molar-refractivity contribution in [2.75, 3.05) is 46.3 Å². The van der Waals surface area contributed by atoms with Gasteiger partial charge < -0.3 is 10.2 Å². The van der Waals surface area contributed by atoms with E-state index in [1.54, 1.807) is 0 Å². The van der Waals surface area contributed by atoms with Crippen molar-refractivity contribution in [3.8, 4) is 0 Å². The van der Waals surface area contributed by atoms with Crippen LogP contribution >= 0.6 is 0 Å². The normalized spacial score (nSPS) is 16.1. The van der Waals surface area contributed by atoms with Crippen molar-refractivity contribution in [2.24, 2.45) is 0 Å². The van der Waals surface area contributed by atoms with Crippen molar-refractivity contribution in [2.45, 2.75) is 13.3 Å². The molecular weight excluding hydrogens is 250 g/mol. The summed E-state index contributed by atoms with van der Waals surface area (Å²) in [7, 11) is 1.90. The molecule has 1 aromatic carbocycles. The van der Waals surface area contributed by atoms with Crippen LogP contribution in [0.25, 0.3) is 0 Å². The number of nitrogens with zero attached hydrogens (tertiary/aromatic N) is 2. The molecule has 1 aromatic rings. The smallest absolute Gasteiger partial charge is 0.226 e. The van der Waals surface area contributed by atoms with Gasteiger partial charge in [-0.05, 0) is 12.5 Å². The molecule has 1 saturated heterocycles. The molecule has 0 spiro atoms. The number of hydrogen-bond acceptors (Lipinski definition) is 3. The average molecular weight is 275 g/mol. The Bertz CT molecular complexity index is 441. The first-order valence-electron chi connectivity index (χ1n) is 7.38. The van der Waals surface area contributed by atoms with Crippen molar-refractivity contribution < 1.29 is 4.79 Å². The van der Waals surface area contributed by atoms with Gasteiger partial charge >= 0.3 is 0 Å². The van der Waals surface area contributed by atoms with Crippen LogP contribution in [0.1, 0.15) is 11.1 Å². The van der Waals surface area contributed by atoms with E-state index in [9.17, 15) is 4.79 Å². The molecule has 0 aliphatic carbocycles. The van der Waals surface area contributed by atoms with E-state index in [2.05, 4.69) is 29.3 Å². The van der Waals surface area contributed by atoms with Crippen LogP contribution in [0.2, 0.25) is 0 Å².